The average Bonchev–Trinajstić information content (AvgIpc) is 3.19. The minimum absolute atomic E-state index is 0.0525. The smallest absolute Gasteiger partial charge is 0.344 e. The van der Waals surface area contributed by atoms with E-state index < -0.39 is 58.5 Å². The molecule has 2 amide bonds. The molecule has 0 saturated carbocycles. The first-order valence-electron chi connectivity index (χ1n) is 8.66. The Morgan fingerprint density at radius 2 is 1.93 bits per heavy atom. The molecule has 2 N–H and O–H groups in total. The van der Waals surface area contributed by atoms with Gasteiger partial charge in [0.05, 0.1) is 5.69 Å². The molecule has 2 heterocycles. The predicted octanol–water partition coefficient (Wildman–Crippen LogP) is 3.49. The summed E-state index contributed by atoms with van der Waals surface area (Å²) >= 11 is 0. The number of hydrogen-bond acceptors (Lipinski definition) is 3. The number of halogens is 6. The van der Waals surface area contributed by atoms with Crippen LogP contribution in [0.4, 0.5) is 32.0 Å². The van der Waals surface area contributed by atoms with Gasteiger partial charge in [-0.3, -0.25) is 14.7 Å². The minimum Gasteiger partial charge on any atom is -0.344 e. The van der Waals surface area contributed by atoms with Crippen LogP contribution in [0.3, 0.4) is 0 Å². The van der Waals surface area contributed by atoms with Gasteiger partial charge in [0.25, 0.3) is 5.92 Å². The van der Waals surface area contributed by atoms with Crippen LogP contribution in [0.15, 0.2) is 24.3 Å². The Bertz CT molecular complexity index is 982. The van der Waals surface area contributed by atoms with Gasteiger partial charge >= 0.3 is 6.18 Å². The maximum Gasteiger partial charge on any atom is 0.421 e. The van der Waals surface area contributed by atoms with Crippen molar-refractivity contribution in [2.75, 3.05) is 18.9 Å². The van der Waals surface area contributed by atoms with E-state index in [2.05, 4.69) is 10.2 Å². The average molecular weight is 434 g/mol. The van der Waals surface area contributed by atoms with E-state index in [1.54, 1.807) is 0 Å². The van der Waals surface area contributed by atoms with Crippen LogP contribution in [0.25, 0.3) is 0 Å². The van der Waals surface area contributed by atoms with Gasteiger partial charge in [0.15, 0.2) is 0 Å². The van der Waals surface area contributed by atoms with Gasteiger partial charge in [-0.05, 0) is 18.2 Å². The number of anilines is 1. The zero-order valence-corrected chi connectivity index (χ0v) is 15.6. The molecule has 12 heteroatoms. The molecule has 0 bridgehead atoms. The highest BCUT2D eigenvalue weighted by Gasteiger charge is 2.46. The zero-order chi connectivity index (χ0) is 22.4. The van der Waals surface area contributed by atoms with Gasteiger partial charge in [0.2, 0.25) is 11.8 Å². The molecule has 2 atom stereocenters. The molecule has 1 aliphatic rings. The van der Waals surface area contributed by atoms with Crippen molar-refractivity contribution in [3.05, 3.63) is 47.0 Å². The molecule has 1 saturated heterocycles. The van der Waals surface area contributed by atoms with E-state index >= 15 is 0 Å². The number of nitrogens with one attached hydrogen (secondary N) is 2. The van der Waals surface area contributed by atoms with Crippen LogP contribution in [0.2, 0.25) is 0 Å². The summed E-state index contributed by atoms with van der Waals surface area (Å²) in [5, 5.41) is 7.80. The van der Waals surface area contributed by atoms with Gasteiger partial charge < -0.3 is 10.2 Å². The molecule has 0 radical (unpaired) electrons. The lowest BCUT2D eigenvalue weighted by atomic mass is 9.91. The number of carbonyl (C=O) groups excluding carboxylic acids is 2. The summed E-state index contributed by atoms with van der Waals surface area (Å²) < 4.78 is 80.2. The molecule has 3 rings (SSSR count). The molecule has 1 aliphatic heterocycles. The fraction of sp³-hybridized carbons (Fsp3) is 0.389. The minimum atomic E-state index is -5.09. The van der Waals surface area contributed by atoms with E-state index in [1.165, 1.54) is 7.05 Å². The monoisotopic (exact) mass is 434 g/mol. The summed E-state index contributed by atoms with van der Waals surface area (Å²) in [6.07, 6.45) is -5.09. The maximum atomic E-state index is 13.7. The van der Waals surface area contributed by atoms with Crippen LogP contribution in [-0.2, 0) is 21.7 Å². The number of H-pyrrole nitrogens is 1. The third-order valence-corrected chi connectivity index (χ3v) is 4.80. The molecular formula is C18H16F6N4O2. The van der Waals surface area contributed by atoms with Gasteiger partial charge in [-0.1, -0.05) is 6.07 Å². The van der Waals surface area contributed by atoms with E-state index in [0.717, 1.165) is 23.1 Å². The van der Waals surface area contributed by atoms with Crippen LogP contribution in [0, 0.1) is 11.7 Å². The highest BCUT2D eigenvalue weighted by Crippen LogP contribution is 2.39. The fourth-order valence-corrected chi connectivity index (χ4v) is 3.35. The van der Waals surface area contributed by atoms with Crippen molar-refractivity contribution in [1.82, 2.24) is 15.1 Å². The highest BCUT2D eigenvalue weighted by molar-refractivity contribution is 6.08. The van der Waals surface area contributed by atoms with Crippen molar-refractivity contribution in [2.45, 2.75) is 24.9 Å². The lowest BCUT2D eigenvalue weighted by molar-refractivity contribution is -0.139. The summed E-state index contributed by atoms with van der Waals surface area (Å²) in [6, 6.07) is 3.42. The topological polar surface area (TPSA) is 78.1 Å². The summed E-state index contributed by atoms with van der Waals surface area (Å²) in [4.78, 5) is 26.3. The van der Waals surface area contributed by atoms with Crippen molar-refractivity contribution >= 4 is 17.5 Å². The predicted molar refractivity (Wildman–Crippen MR) is 92.1 cm³/mol. The van der Waals surface area contributed by atoms with Gasteiger partial charge in [0, 0.05) is 32.1 Å². The number of nitrogens with zero attached hydrogens (tertiary/aromatic N) is 2. The van der Waals surface area contributed by atoms with Gasteiger partial charge in [-0.2, -0.15) is 27.1 Å². The highest BCUT2D eigenvalue weighted by atomic mass is 19.4. The van der Waals surface area contributed by atoms with Crippen LogP contribution in [0.1, 0.15) is 29.8 Å². The van der Waals surface area contributed by atoms with E-state index in [0.29, 0.717) is 13.0 Å². The first kappa shape index (κ1) is 21.7. The van der Waals surface area contributed by atoms with Gasteiger partial charge in [-0.25, -0.2) is 4.39 Å². The van der Waals surface area contributed by atoms with Crippen molar-refractivity contribution in [3.8, 4) is 0 Å². The Morgan fingerprint density at radius 1 is 1.27 bits per heavy atom. The van der Waals surface area contributed by atoms with Crippen LogP contribution in [0.5, 0.6) is 0 Å². The number of likely N-dealkylation sites (tertiary alicyclic amines) is 1. The second kappa shape index (κ2) is 7.33. The number of amides is 2. The number of carbonyl (C=O) groups is 2. The Hall–Kier alpha value is -3.05. The zero-order valence-electron chi connectivity index (χ0n) is 15.6. The number of hydrogen-bond donors (Lipinski definition) is 2. The number of rotatable bonds is 4. The molecular weight excluding hydrogens is 418 g/mol. The summed E-state index contributed by atoms with van der Waals surface area (Å²) in [6.45, 7) is 0.564. The SMILES string of the molecule is CN1C[C@H](c2cc(C(C)(F)F)n[nH]2)[C@@H](C(=O)Nc2cccc(F)c2C(F)(F)F)C1=O. The van der Waals surface area contributed by atoms with Crippen LogP contribution >= 0.6 is 0 Å². The molecule has 0 unspecified atom stereocenters. The van der Waals surface area contributed by atoms with Crippen molar-refractivity contribution in [3.63, 3.8) is 0 Å². The Balaban J connectivity index is 1.93. The van der Waals surface area contributed by atoms with Crippen molar-refractivity contribution in [1.29, 1.82) is 0 Å². The number of aromatic amines is 1. The van der Waals surface area contributed by atoms with Gasteiger partial charge in [-0.15, -0.1) is 0 Å². The molecule has 1 aromatic carbocycles. The molecule has 30 heavy (non-hydrogen) atoms. The lowest BCUT2D eigenvalue weighted by Crippen LogP contribution is -2.33. The second-order valence-electron chi connectivity index (χ2n) is 7.05. The molecule has 0 spiro atoms. The molecule has 6 nitrogen and oxygen atoms in total. The van der Waals surface area contributed by atoms with E-state index in [4.69, 9.17) is 0 Å². The molecule has 1 aromatic heterocycles. The number of alkyl halides is 5. The third kappa shape index (κ3) is 3.98. The summed E-state index contributed by atoms with van der Waals surface area (Å²) in [5.41, 5.74) is -3.08. The fourth-order valence-electron chi connectivity index (χ4n) is 3.35. The number of likely N-dealkylation sites (N-methyl/N-ethyl adjacent to an activating group) is 1. The third-order valence-electron chi connectivity index (χ3n) is 4.80. The van der Waals surface area contributed by atoms with E-state index in [9.17, 15) is 35.9 Å². The largest absolute Gasteiger partial charge is 0.421 e. The number of aromatic nitrogens is 2. The maximum absolute atomic E-state index is 13.7. The summed E-state index contributed by atoms with van der Waals surface area (Å²) in [7, 11) is 1.36. The van der Waals surface area contributed by atoms with Crippen LogP contribution in [-0.4, -0.2) is 40.5 Å². The Morgan fingerprint density at radius 3 is 2.50 bits per heavy atom. The van der Waals surface area contributed by atoms with E-state index in [1.807, 2.05) is 5.32 Å². The molecule has 0 aliphatic carbocycles. The standard InChI is InChI=1S/C18H16F6N4O2/c1-17(20,21)12-6-11(26-27-12)8-7-28(2)16(30)13(8)15(29)25-10-5-3-4-9(19)14(10)18(22,23)24/h3-6,8,13H,7H2,1-2H3,(H,25,29)(H,26,27)/t8-,13+/m1/s1. The Kier molecular flexibility index (Phi) is 5.29. The van der Waals surface area contributed by atoms with E-state index in [-0.39, 0.29) is 12.2 Å². The quantitative estimate of drug-likeness (QED) is 0.571. The normalized spacial score (nSPS) is 20.0. The second-order valence-corrected chi connectivity index (χ2v) is 7.05. The number of benzene rings is 1. The summed E-state index contributed by atoms with van der Waals surface area (Å²) in [5.74, 6) is -9.18. The first-order chi connectivity index (χ1) is 13.8. The molecule has 1 fully saturated rings. The Labute approximate surface area is 166 Å². The van der Waals surface area contributed by atoms with Gasteiger partial charge in [0.1, 0.15) is 23.0 Å². The molecule has 162 valence electrons. The molecule has 2 aromatic rings. The lowest BCUT2D eigenvalue weighted by Gasteiger charge is -2.18. The van der Waals surface area contributed by atoms with Crippen LogP contribution < -0.4 is 5.32 Å². The van der Waals surface area contributed by atoms with Crippen molar-refractivity contribution < 1.29 is 35.9 Å². The van der Waals surface area contributed by atoms with Crippen molar-refractivity contribution in [2.24, 2.45) is 5.92 Å². The first-order valence-corrected chi connectivity index (χ1v) is 8.66.